The highest BCUT2D eigenvalue weighted by molar-refractivity contribution is 7.94. The lowest BCUT2D eigenvalue weighted by Crippen LogP contribution is -2.21. The van der Waals surface area contributed by atoms with E-state index in [0.29, 0.717) is 34.1 Å². The minimum atomic E-state index is -0.318. The number of hydrogen-bond donors (Lipinski definition) is 3. The number of fused-ring (bicyclic) bond motifs is 1. The average Bonchev–Trinajstić information content (AvgIpc) is 3.30. The van der Waals surface area contributed by atoms with E-state index in [1.807, 2.05) is 24.3 Å². The molecule has 31 heavy (non-hydrogen) atoms. The summed E-state index contributed by atoms with van der Waals surface area (Å²) in [7, 11) is 0. The zero-order valence-corrected chi connectivity index (χ0v) is 18.2. The molecule has 0 atom stereocenters. The van der Waals surface area contributed by atoms with Crippen molar-refractivity contribution in [3.05, 3.63) is 75.8 Å². The number of benzene rings is 2. The minimum absolute atomic E-state index is 0.318. The smallest absolute Gasteiger partial charge is 0.258 e. The Labute approximate surface area is 188 Å². The Morgan fingerprint density at radius 1 is 0.903 bits per heavy atom. The number of carbonyl (C=O) groups is 2. The van der Waals surface area contributed by atoms with E-state index in [2.05, 4.69) is 23.0 Å². The second-order valence-electron chi connectivity index (χ2n) is 6.92. The summed E-state index contributed by atoms with van der Waals surface area (Å²) in [6.07, 6.45) is 2.06. The Bertz CT molecular complexity index is 1070. The van der Waals surface area contributed by atoms with Gasteiger partial charge in [0.1, 0.15) is 0 Å². The van der Waals surface area contributed by atoms with Crippen LogP contribution in [0.4, 0.5) is 0 Å². The zero-order chi connectivity index (χ0) is 21.8. The van der Waals surface area contributed by atoms with Crippen LogP contribution in [0.15, 0.2) is 64.6 Å². The molecule has 2 aromatic rings. The van der Waals surface area contributed by atoms with E-state index in [0.717, 1.165) is 40.9 Å². The molecule has 9 heteroatoms. The first-order valence-corrected chi connectivity index (χ1v) is 10.9. The Kier molecular flexibility index (Phi) is 6.74. The van der Waals surface area contributed by atoms with Gasteiger partial charge in [-0.3, -0.25) is 9.59 Å². The number of rotatable bonds is 9. The number of carbonyl (C=O) groups excluding carboxylic acids is 2. The van der Waals surface area contributed by atoms with E-state index in [9.17, 15) is 9.59 Å². The maximum absolute atomic E-state index is 12.7. The second-order valence-corrected chi connectivity index (χ2v) is 8.13. The molecule has 4 rings (SSSR count). The predicted molar refractivity (Wildman–Crippen MR) is 119 cm³/mol. The molecule has 3 N–H and O–H groups in total. The van der Waals surface area contributed by atoms with Gasteiger partial charge in [-0.1, -0.05) is 49.2 Å². The van der Waals surface area contributed by atoms with Crippen LogP contribution in [-0.4, -0.2) is 18.4 Å². The number of unbranched alkanes of at least 4 members (excludes halogenated alkanes) is 1. The van der Waals surface area contributed by atoms with Crippen LogP contribution in [0.3, 0.4) is 0 Å². The van der Waals surface area contributed by atoms with E-state index in [-0.39, 0.29) is 11.8 Å². The van der Waals surface area contributed by atoms with Crippen LogP contribution in [0.1, 0.15) is 30.9 Å². The van der Waals surface area contributed by atoms with Crippen LogP contribution in [-0.2, 0) is 18.9 Å². The second kappa shape index (κ2) is 9.67. The van der Waals surface area contributed by atoms with Gasteiger partial charge in [-0.05, 0) is 41.8 Å². The average molecular weight is 458 g/mol. The molecule has 0 fully saturated rings. The molecule has 0 unspecified atom stereocenters. The number of hydrogen-bond acceptors (Lipinski definition) is 6. The van der Waals surface area contributed by atoms with Crippen molar-refractivity contribution in [2.75, 3.05) is 6.54 Å². The molecule has 7 nitrogen and oxygen atoms in total. The summed E-state index contributed by atoms with van der Waals surface area (Å²) >= 11 is 7.01. The Hall–Kier alpha value is -2.62. The summed E-state index contributed by atoms with van der Waals surface area (Å²) < 4.78 is 5.05. The van der Waals surface area contributed by atoms with Crippen molar-refractivity contribution in [3.63, 3.8) is 0 Å². The monoisotopic (exact) mass is 457 g/mol. The van der Waals surface area contributed by atoms with Crippen molar-refractivity contribution in [2.45, 2.75) is 24.7 Å². The highest BCUT2D eigenvalue weighted by Gasteiger charge is 2.40. The standard InChI is InChI=1S/C22H20ClN3O4S/c1-2-3-12-24-29-30-31-16-10-6-14(7-11-16)20-18-17(21(27)26-20)19(25-22(18)28)13-4-8-15(23)9-5-13/h4-11,24H,2-3,12H2,1H3,(H,25,28)(H,26,27). The van der Waals surface area contributed by atoms with Crippen molar-refractivity contribution < 1.29 is 18.9 Å². The quantitative estimate of drug-likeness (QED) is 0.228. The van der Waals surface area contributed by atoms with E-state index in [4.69, 9.17) is 20.9 Å². The maximum Gasteiger partial charge on any atom is 0.258 e. The van der Waals surface area contributed by atoms with E-state index >= 15 is 0 Å². The normalized spacial score (nSPS) is 15.4. The Morgan fingerprint density at radius 2 is 1.45 bits per heavy atom. The fourth-order valence-corrected chi connectivity index (χ4v) is 3.81. The van der Waals surface area contributed by atoms with Crippen LogP contribution in [0.5, 0.6) is 0 Å². The van der Waals surface area contributed by atoms with E-state index in [1.54, 1.807) is 24.3 Å². The van der Waals surface area contributed by atoms with Gasteiger partial charge in [0.2, 0.25) is 0 Å². The Balaban J connectivity index is 1.52. The molecule has 0 saturated heterocycles. The summed E-state index contributed by atoms with van der Waals surface area (Å²) in [5.74, 6) is -0.636. The lowest BCUT2D eigenvalue weighted by molar-refractivity contribution is -0.244. The van der Waals surface area contributed by atoms with Gasteiger partial charge in [-0.2, -0.15) is 5.48 Å². The van der Waals surface area contributed by atoms with Crippen LogP contribution in [0.2, 0.25) is 5.02 Å². The van der Waals surface area contributed by atoms with Crippen LogP contribution in [0.25, 0.3) is 11.4 Å². The van der Waals surface area contributed by atoms with E-state index in [1.165, 1.54) is 0 Å². The summed E-state index contributed by atoms with van der Waals surface area (Å²) in [5, 5.41) is 6.22. The fourth-order valence-electron chi connectivity index (χ4n) is 3.28. The lowest BCUT2D eigenvalue weighted by Gasteiger charge is -2.08. The number of nitrogens with one attached hydrogen (secondary N) is 3. The molecule has 0 aliphatic carbocycles. The van der Waals surface area contributed by atoms with Crippen molar-refractivity contribution in [2.24, 2.45) is 0 Å². The third-order valence-corrected chi connectivity index (χ3v) is 5.67. The molecule has 2 aliphatic heterocycles. The zero-order valence-electron chi connectivity index (χ0n) is 16.7. The highest BCUT2D eigenvalue weighted by atomic mass is 35.5. The van der Waals surface area contributed by atoms with E-state index < -0.39 is 0 Å². The largest absolute Gasteiger partial charge is 0.321 e. The third kappa shape index (κ3) is 4.68. The molecule has 0 radical (unpaired) electrons. The van der Waals surface area contributed by atoms with Gasteiger partial charge in [0.25, 0.3) is 11.8 Å². The molecule has 0 spiro atoms. The van der Waals surface area contributed by atoms with Gasteiger partial charge in [0, 0.05) is 16.5 Å². The third-order valence-electron chi connectivity index (χ3n) is 4.81. The van der Waals surface area contributed by atoms with Crippen LogP contribution >= 0.6 is 23.6 Å². The number of amides is 2. The van der Waals surface area contributed by atoms with Gasteiger partial charge in [0.05, 0.1) is 34.6 Å². The van der Waals surface area contributed by atoms with Gasteiger partial charge in [-0.15, -0.1) is 9.32 Å². The molecule has 0 bridgehead atoms. The van der Waals surface area contributed by atoms with Crippen LogP contribution in [0, 0.1) is 0 Å². The first kappa shape index (κ1) is 21.6. The van der Waals surface area contributed by atoms with Gasteiger partial charge in [0.15, 0.2) is 0 Å². The molecule has 0 aromatic heterocycles. The van der Waals surface area contributed by atoms with Crippen LogP contribution < -0.4 is 16.1 Å². The van der Waals surface area contributed by atoms with Gasteiger partial charge >= 0.3 is 0 Å². The fraction of sp³-hybridized carbons (Fsp3) is 0.182. The first-order valence-electron chi connectivity index (χ1n) is 9.79. The van der Waals surface area contributed by atoms with Gasteiger partial charge in [-0.25, -0.2) is 0 Å². The van der Waals surface area contributed by atoms with Crippen molar-refractivity contribution >= 4 is 46.9 Å². The lowest BCUT2D eigenvalue weighted by atomic mass is 10.0. The van der Waals surface area contributed by atoms with Crippen molar-refractivity contribution in [1.29, 1.82) is 0 Å². The summed E-state index contributed by atoms with van der Waals surface area (Å²) in [6.45, 7) is 2.80. The molecule has 2 aromatic carbocycles. The topological polar surface area (TPSA) is 88.7 Å². The number of hydroxylamine groups is 1. The summed E-state index contributed by atoms with van der Waals surface area (Å²) in [4.78, 5) is 31.1. The van der Waals surface area contributed by atoms with Gasteiger partial charge < -0.3 is 10.6 Å². The summed E-state index contributed by atoms with van der Waals surface area (Å²) in [6, 6.07) is 14.2. The van der Waals surface area contributed by atoms with Crippen molar-refractivity contribution in [3.8, 4) is 0 Å². The maximum atomic E-state index is 12.7. The first-order chi connectivity index (χ1) is 15.1. The molecule has 2 heterocycles. The molecule has 2 amide bonds. The molecule has 160 valence electrons. The minimum Gasteiger partial charge on any atom is -0.321 e. The Morgan fingerprint density at radius 3 is 2.00 bits per heavy atom. The highest BCUT2D eigenvalue weighted by Crippen LogP contribution is 2.37. The molecule has 0 saturated carbocycles. The molecular weight excluding hydrogens is 438 g/mol. The SMILES string of the molecule is CCCCNOOSc1ccc(C2=C3C(=O)NC(c4ccc(Cl)cc4)=C3C(=O)N2)cc1. The predicted octanol–water partition coefficient (Wildman–Crippen LogP) is 3.98. The van der Waals surface area contributed by atoms with Crippen molar-refractivity contribution in [1.82, 2.24) is 16.1 Å². The molecular formula is C22H20ClN3O4S. The summed E-state index contributed by atoms with van der Waals surface area (Å²) in [5.41, 5.74) is 5.80. The molecule has 2 aliphatic rings. The number of halogens is 1.